The Bertz CT molecular complexity index is 1410. The number of hydrogen-bond donors (Lipinski definition) is 1. The van der Waals surface area contributed by atoms with Crippen molar-refractivity contribution in [3.8, 4) is 0 Å². The molecule has 4 aromatic rings. The minimum absolute atomic E-state index is 0.262. The molecule has 43 heavy (non-hydrogen) atoms. The van der Waals surface area contributed by atoms with Crippen LogP contribution >= 0.6 is 0 Å². The normalized spacial score (nSPS) is 14.4. The van der Waals surface area contributed by atoms with Gasteiger partial charge in [-0.3, -0.25) is 0 Å². The molecule has 0 aliphatic heterocycles. The first-order valence-electron chi connectivity index (χ1n) is 15.2. The molecular formula is C38H46O3Si2. The van der Waals surface area contributed by atoms with Gasteiger partial charge in [-0.15, -0.1) is 0 Å². The molecule has 224 valence electrons. The molecule has 0 aliphatic carbocycles. The Morgan fingerprint density at radius 2 is 0.977 bits per heavy atom. The SMILES string of the molecule is C/C=C/[C@H]([C@@H](O[Si](c1ccccc1)(c1ccccc1)C(C)(C)C)C(=O)O)[Si](c1ccccc1)(c1ccccc1)C(C)(C)C. The number of rotatable bonds is 10. The highest BCUT2D eigenvalue weighted by molar-refractivity contribution is 7.06. The number of benzene rings is 4. The van der Waals surface area contributed by atoms with Crippen molar-refractivity contribution < 1.29 is 14.3 Å². The molecule has 0 aromatic heterocycles. The lowest BCUT2D eigenvalue weighted by molar-refractivity contribution is -0.145. The van der Waals surface area contributed by atoms with Gasteiger partial charge in [-0.25, -0.2) is 4.79 Å². The molecule has 0 saturated carbocycles. The summed E-state index contributed by atoms with van der Waals surface area (Å²) in [6, 6.07) is 41.8. The van der Waals surface area contributed by atoms with Gasteiger partial charge < -0.3 is 9.53 Å². The van der Waals surface area contributed by atoms with E-state index in [9.17, 15) is 9.90 Å². The first kappa shape index (κ1) is 32.4. The monoisotopic (exact) mass is 606 g/mol. The average molecular weight is 607 g/mol. The van der Waals surface area contributed by atoms with E-state index in [1.165, 1.54) is 10.4 Å². The summed E-state index contributed by atoms with van der Waals surface area (Å²) in [6.45, 7) is 15.4. The quantitative estimate of drug-likeness (QED) is 0.156. The summed E-state index contributed by atoms with van der Waals surface area (Å²) in [6.07, 6.45) is 3.07. The fraction of sp³-hybridized carbons (Fsp3) is 0.289. The Morgan fingerprint density at radius 3 is 1.26 bits per heavy atom. The molecular weight excluding hydrogens is 561 g/mol. The summed E-state index contributed by atoms with van der Waals surface area (Å²) in [5.41, 5.74) is -0.401. The maximum absolute atomic E-state index is 13.8. The molecule has 0 spiro atoms. The number of carbonyl (C=O) groups is 1. The van der Waals surface area contributed by atoms with E-state index in [2.05, 4.69) is 120 Å². The minimum Gasteiger partial charge on any atom is -0.479 e. The molecule has 0 radical (unpaired) electrons. The fourth-order valence-corrected chi connectivity index (χ4v) is 18.4. The van der Waals surface area contributed by atoms with Gasteiger partial charge in [-0.2, -0.15) is 0 Å². The predicted molar refractivity (Wildman–Crippen MR) is 186 cm³/mol. The van der Waals surface area contributed by atoms with Crippen molar-refractivity contribution in [2.24, 2.45) is 0 Å². The zero-order valence-electron chi connectivity index (χ0n) is 26.6. The van der Waals surface area contributed by atoms with Crippen molar-refractivity contribution in [3.05, 3.63) is 133 Å². The van der Waals surface area contributed by atoms with E-state index in [0.29, 0.717) is 0 Å². The second-order valence-corrected chi connectivity index (χ2v) is 22.6. The smallest absolute Gasteiger partial charge is 0.331 e. The molecule has 2 atom stereocenters. The highest BCUT2D eigenvalue weighted by atomic mass is 28.4. The van der Waals surface area contributed by atoms with Gasteiger partial charge >= 0.3 is 5.97 Å². The van der Waals surface area contributed by atoms with Gasteiger partial charge in [0.25, 0.3) is 8.32 Å². The third kappa shape index (κ3) is 5.99. The first-order chi connectivity index (χ1) is 20.4. The van der Waals surface area contributed by atoms with E-state index in [0.717, 1.165) is 10.4 Å². The molecule has 1 N–H and O–H groups in total. The van der Waals surface area contributed by atoms with E-state index in [1.54, 1.807) is 0 Å². The third-order valence-electron chi connectivity index (χ3n) is 8.83. The van der Waals surface area contributed by atoms with E-state index in [-0.39, 0.29) is 10.1 Å². The van der Waals surface area contributed by atoms with Crippen molar-refractivity contribution in [2.45, 2.75) is 70.2 Å². The van der Waals surface area contributed by atoms with Crippen LogP contribution in [0.1, 0.15) is 48.5 Å². The van der Waals surface area contributed by atoms with Gasteiger partial charge in [0.1, 0.15) is 14.2 Å². The van der Waals surface area contributed by atoms with Gasteiger partial charge in [0.15, 0.2) is 0 Å². The van der Waals surface area contributed by atoms with Crippen molar-refractivity contribution in [2.75, 3.05) is 0 Å². The lowest BCUT2D eigenvalue weighted by atomic mass is 10.2. The predicted octanol–water partition coefficient (Wildman–Crippen LogP) is 7.03. The topological polar surface area (TPSA) is 46.5 Å². The zero-order valence-corrected chi connectivity index (χ0v) is 28.6. The number of allylic oxidation sites excluding steroid dienone is 1. The minimum atomic E-state index is -3.20. The van der Waals surface area contributed by atoms with Crippen molar-refractivity contribution in [1.29, 1.82) is 0 Å². The Hall–Kier alpha value is -3.52. The molecule has 4 rings (SSSR count). The molecule has 0 fully saturated rings. The van der Waals surface area contributed by atoms with Gasteiger partial charge in [0.05, 0.1) is 0 Å². The third-order valence-corrected chi connectivity index (χ3v) is 20.2. The summed E-state index contributed by atoms with van der Waals surface area (Å²) in [5, 5.41) is 15.2. The average Bonchev–Trinajstić information content (AvgIpc) is 2.98. The van der Waals surface area contributed by atoms with Crippen LogP contribution in [0.25, 0.3) is 0 Å². The molecule has 0 amide bonds. The Kier molecular flexibility index (Phi) is 9.80. The number of hydrogen-bond acceptors (Lipinski definition) is 2. The van der Waals surface area contributed by atoms with Gasteiger partial charge in [-0.1, -0.05) is 185 Å². The zero-order chi connectivity index (χ0) is 31.3. The molecule has 0 aliphatic rings. The lowest BCUT2D eigenvalue weighted by Crippen LogP contribution is -2.73. The van der Waals surface area contributed by atoms with Crippen molar-refractivity contribution in [1.82, 2.24) is 0 Å². The molecule has 4 aromatic carbocycles. The number of aliphatic carboxylic acids is 1. The Labute approximate surface area is 260 Å². The van der Waals surface area contributed by atoms with Crippen molar-refractivity contribution >= 4 is 43.1 Å². The van der Waals surface area contributed by atoms with Crippen LogP contribution < -0.4 is 20.7 Å². The van der Waals surface area contributed by atoms with Crippen LogP contribution in [-0.2, 0) is 9.22 Å². The Balaban J connectivity index is 2.11. The van der Waals surface area contributed by atoms with Crippen LogP contribution in [0.4, 0.5) is 0 Å². The highest BCUT2D eigenvalue weighted by Gasteiger charge is 2.59. The molecule has 0 saturated heterocycles. The van der Waals surface area contributed by atoms with Gasteiger partial charge in [-0.05, 0) is 27.4 Å². The molecule has 3 nitrogen and oxygen atoms in total. The van der Waals surface area contributed by atoms with Crippen LogP contribution in [0.3, 0.4) is 0 Å². The number of carboxylic acid groups (broad SMARTS) is 1. The summed E-state index contributed by atoms with van der Waals surface area (Å²) < 4.78 is 7.52. The fourth-order valence-electron chi connectivity index (χ4n) is 7.16. The largest absolute Gasteiger partial charge is 0.479 e. The van der Waals surface area contributed by atoms with Crippen LogP contribution in [0, 0.1) is 0 Å². The van der Waals surface area contributed by atoms with Crippen LogP contribution in [0.5, 0.6) is 0 Å². The van der Waals surface area contributed by atoms with Crippen molar-refractivity contribution in [3.63, 3.8) is 0 Å². The molecule has 5 heteroatoms. The first-order valence-corrected chi connectivity index (χ1v) is 19.2. The molecule has 0 heterocycles. The lowest BCUT2D eigenvalue weighted by Gasteiger charge is -2.52. The summed E-state index contributed by atoms with van der Waals surface area (Å²) in [7, 11) is -6.16. The second kappa shape index (κ2) is 13.0. The van der Waals surface area contributed by atoms with E-state index >= 15 is 0 Å². The Morgan fingerprint density at radius 1 is 0.628 bits per heavy atom. The summed E-state index contributed by atoms with van der Waals surface area (Å²) >= 11 is 0. The second-order valence-electron chi connectivity index (χ2n) is 13.4. The van der Waals surface area contributed by atoms with Crippen LogP contribution in [-0.4, -0.2) is 33.6 Å². The van der Waals surface area contributed by atoms with Crippen LogP contribution in [0.2, 0.25) is 15.6 Å². The van der Waals surface area contributed by atoms with Gasteiger partial charge in [0, 0.05) is 5.54 Å². The maximum Gasteiger partial charge on any atom is 0.331 e. The molecule has 0 bridgehead atoms. The van der Waals surface area contributed by atoms with Crippen LogP contribution in [0.15, 0.2) is 133 Å². The summed E-state index contributed by atoms with van der Waals surface area (Å²) in [5.74, 6) is -0.927. The van der Waals surface area contributed by atoms with E-state index < -0.39 is 34.0 Å². The highest BCUT2D eigenvalue weighted by Crippen LogP contribution is 2.48. The van der Waals surface area contributed by atoms with E-state index in [4.69, 9.17) is 4.43 Å². The van der Waals surface area contributed by atoms with E-state index in [1.807, 2.05) is 61.5 Å². The maximum atomic E-state index is 13.8. The summed E-state index contributed by atoms with van der Waals surface area (Å²) in [4.78, 5) is 13.8. The standard InChI is InChI=1S/C38H46O3Si2/c1-8-21-34(42(37(2,3)4,30-22-13-9-14-23-30)31-24-15-10-16-25-31)35(36(39)40)41-43(38(5,6)7,32-26-17-11-18-27-32)33-28-19-12-20-29-33/h8-29,34-35H,1-7H3,(H,39,40)/b21-8+/t34-,35-/m1/s1. The van der Waals surface area contributed by atoms with Gasteiger partial charge in [0.2, 0.25) is 0 Å². The number of carboxylic acids is 1. The molecule has 0 unspecified atom stereocenters.